The van der Waals surface area contributed by atoms with Crippen molar-refractivity contribution in [3.8, 4) is 0 Å². The molecule has 1 heterocycles. The van der Waals surface area contributed by atoms with Gasteiger partial charge in [0.05, 0.1) is 34.9 Å². The van der Waals surface area contributed by atoms with Crippen LogP contribution in [-0.4, -0.2) is 45.4 Å². The predicted octanol–water partition coefficient (Wildman–Crippen LogP) is 2.62. The molecule has 0 aromatic carbocycles. The number of hydrogen-bond donors (Lipinski definition) is 0. The predicted molar refractivity (Wildman–Crippen MR) is 91.8 cm³/mol. The first kappa shape index (κ1) is 18.8. The molecule has 2 fully saturated rings. The van der Waals surface area contributed by atoms with Gasteiger partial charge in [-0.1, -0.05) is 13.3 Å². The van der Waals surface area contributed by atoms with Crippen molar-refractivity contribution in [2.24, 2.45) is 0 Å². The van der Waals surface area contributed by atoms with Crippen molar-refractivity contribution in [3.63, 3.8) is 0 Å². The van der Waals surface area contributed by atoms with Crippen LogP contribution < -0.4 is 0 Å². The Balaban J connectivity index is 1.90. The van der Waals surface area contributed by atoms with E-state index in [2.05, 4.69) is 0 Å². The Morgan fingerprint density at radius 1 is 1.09 bits per heavy atom. The number of rotatable bonds is 6. The lowest BCUT2D eigenvalue weighted by Crippen LogP contribution is -2.51. The fraction of sp³-hybridized carbons (Fsp3) is 0.875. The number of allylic oxidation sites excluding steroid dienone is 1. The van der Waals surface area contributed by atoms with Crippen LogP contribution in [0.4, 0.5) is 0 Å². The van der Waals surface area contributed by atoms with E-state index in [1.807, 2.05) is 6.26 Å². The van der Waals surface area contributed by atoms with Crippen LogP contribution in [0.1, 0.15) is 58.3 Å². The summed E-state index contributed by atoms with van der Waals surface area (Å²) in [5.74, 6) is -0.715. The summed E-state index contributed by atoms with van der Waals surface area (Å²) < 4.78 is 53.1. The average Bonchev–Trinajstić information content (AvgIpc) is 2.51. The summed E-state index contributed by atoms with van der Waals surface area (Å²) in [5.41, 5.74) is 1.33. The second kappa shape index (κ2) is 7.55. The third kappa shape index (κ3) is 4.72. The molecule has 0 bridgehead atoms. The molecule has 1 saturated heterocycles. The van der Waals surface area contributed by atoms with E-state index < -0.39 is 24.4 Å². The molecule has 0 spiro atoms. The van der Waals surface area contributed by atoms with Crippen LogP contribution in [0, 0.1) is 0 Å². The highest BCUT2D eigenvalue weighted by Crippen LogP contribution is 2.34. The molecule has 1 saturated carbocycles. The van der Waals surface area contributed by atoms with Gasteiger partial charge in [-0.15, -0.1) is 0 Å². The van der Waals surface area contributed by atoms with Gasteiger partial charge in [-0.3, -0.25) is 0 Å². The number of ether oxygens (including phenoxy) is 1. The molecule has 1 aliphatic carbocycles. The fourth-order valence-corrected chi connectivity index (χ4v) is 9.29. The van der Waals surface area contributed by atoms with Crippen molar-refractivity contribution in [3.05, 3.63) is 11.8 Å². The first-order valence-electron chi connectivity index (χ1n) is 8.52. The summed E-state index contributed by atoms with van der Waals surface area (Å²) in [6.07, 6.45) is 8.97. The molecular weight excluding hydrogens is 336 g/mol. The van der Waals surface area contributed by atoms with Crippen LogP contribution in [-0.2, 0) is 24.4 Å². The molecule has 7 heteroatoms. The number of hydrogen-bond acceptors (Lipinski definition) is 5. The molecule has 0 amide bonds. The lowest BCUT2D eigenvalue weighted by molar-refractivity contribution is 0.230. The molecule has 1 atom stereocenters. The fourth-order valence-electron chi connectivity index (χ4n) is 3.52. The summed E-state index contributed by atoms with van der Waals surface area (Å²) in [6.45, 7) is 2.21. The topological polar surface area (TPSA) is 77.5 Å². The molecular formula is C16H28O5S2. The van der Waals surface area contributed by atoms with Crippen molar-refractivity contribution in [1.82, 2.24) is 0 Å². The van der Waals surface area contributed by atoms with E-state index in [-0.39, 0.29) is 17.3 Å². The van der Waals surface area contributed by atoms with Crippen LogP contribution in [0.3, 0.4) is 0 Å². The van der Waals surface area contributed by atoms with E-state index in [1.54, 1.807) is 6.92 Å². The van der Waals surface area contributed by atoms with Gasteiger partial charge in [-0.25, -0.2) is 16.8 Å². The van der Waals surface area contributed by atoms with Gasteiger partial charge < -0.3 is 4.74 Å². The maximum Gasteiger partial charge on any atom is 0.157 e. The van der Waals surface area contributed by atoms with E-state index in [4.69, 9.17) is 4.74 Å². The van der Waals surface area contributed by atoms with E-state index in [0.717, 1.165) is 12.8 Å². The molecule has 0 aromatic heterocycles. The second-order valence-corrected chi connectivity index (χ2v) is 11.4. The van der Waals surface area contributed by atoms with Gasteiger partial charge >= 0.3 is 0 Å². The van der Waals surface area contributed by atoms with Crippen molar-refractivity contribution in [1.29, 1.82) is 0 Å². The summed E-state index contributed by atoms with van der Waals surface area (Å²) in [5, 5.41) is 0. The van der Waals surface area contributed by atoms with Gasteiger partial charge in [0.2, 0.25) is 0 Å². The minimum Gasteiger partial charge on any atom is -0.501 e. The van der Waals surface area contributed by atoms with Crippen LogP contribution in [0.2, 0.25) is 0 Å². The lowest BCUT2D eigenvalue weighted by atomic mass is 9.96. The van der Waals surface area contributed by atoms with Crippen molar-refractivity contribution in [2.45, 2.75) is 63.0 Å². The smallest absolute Gasteiger partial charge is 0.157 e. The van der Waals surface area contributed by atoms with Gasteiger partial charge in [0.1, 0.15) is 0 Å². The van der Waals surface area contributed by atoms with Crippen LogP contribution in [0.5, 0.6) is 0 Å². The first-order valence-corrected chi connectivity index (χ1v) is 12.0. The normalized spacial score (nSPS) is 29.9. The zero-order chi connectivity index (χ0) is 17.0. The average molecular weight is 365 g/mol. The standard InChI is InChI=1S/C16H28O5S2/c1-2-16(14-22(17,18)11-12-23(16,19)20)9-6-10-21-13-15-7-4-3-5-8-15/h13H,2-12,14H2,1H3. The van der Waals surface area contributed by atoms with E-state index in [1.165, 1.54) is 24.8 Å². The van der Waals surface area contributed by atoms with Gasteiger partial charge in [0, 0.05) is 0 Å². The van der Waals surface area contributed by atoms with Gasteiger partial charge in [0.15, 0.2) is 19.7 Å². The quantitative estimate of drug-likeness (QED) is 0.535. The molecule has 2 aliphatic rings. The Morgan fingerprint density at radius 2 is 1.78 bits per heavy atom. The highest BCUT2D eigenvalue weighted by atomic mass is 32.2. The second-order valence-electron chi connectivity index (χ2n) is 6.76. The monoisotopic (exact) mass is 364 g/mol. The highest BCUT2D eigenvalue weighted by Gasteiger charge is 2.48. The highest BCUT2D eigenvalue weighted by molar-refractivity contribution is 7.99. The maximum absolute atomic E-state index is 12.4. The van der Waals surface area contributed by atoms with Crippen LogP contribution in [0.25, 0.3) is 0 Å². The Bertz CT molecular complexity index is 625. The molecule has 134 valence electrons. The van der Waals surface area contributed by atoms with Crippen LogP contribution >= 0.6 is 0 Å². The molecule has 0 N–H and O–H groups in total. The van der Waals surface area contributed by atoms with Crippen LogP contribution in [0.15, 0.2) is 11.8 Å². The Morgan fingerprint density at radius 3 is 2.43 bits per heavy atom. The summed E-state index contributed by atoms with van der Waals surface area (Å²) >= 11 is 0. The van der Waals surface area contributed by atoms with Gasteiger partial charge in [-0.05, 0) is 50.5 Å². The third-order valence-electron chi connectivity index (χ3n) is 5.09. The maximum atomic E-state index is 12.4. The number of sulfone groups is 2. The zero-order valence-electron chi connectivity index (χ0n) is 13.9. The molecule has 2 rings (SSSR count). The molecule has 0 aromatic rings. The SMILES string of the molecule is CCC1(CCCOC=C2CCCCC2)CS(=O)(=O)CCS1(=O)=O. The molecule has 23 heavy (non-hydrogen) atoms. The Labute approximate surface area is 140 Å². The lowest BCUT2D eigenvalue weighted by Gasteiger charge is -2.35. The summed E-state index contributed by atoms with van der Waals surface area (Å²) in [7, 11) is -6.63. The minimum atomic E-state index is -3.36. The van der Waals surface area contributed by atoms with E-state index in [0.29, 0.717) is 25.9 Å². The van der Waals surface area contributed by atoms with Crippen molar-refractivity contribution >= 4 is 19.7 Å². The largest absolute Gasteiger partial charge is 0.501 e. The molecule has 0 radical (unpaired) electrons. The van der Waals surface area contributed by atoms with Gasteiger partial charge in [-0.2, -0.15) is 0 Å². The van der Waals surface area contributed by atoms with Gasteiger partial charge in [0.25, 0.3) is 0 Å². The summed E-state index contributed by atoms with van der Waals surface area (Å²) in [6, 6.07) is 0. The molecule has 1 aliphatic heterocycles. The summed E-state index contributed by atoms with van der Waals surface area (Å²) in [4.78, 5) is 0. The molecule has 5 nitrogen and oxygen atoms in total. The van der Waals surface area contributed by atoms with Crippen molar-refractivity contribution in [2.75, 3.05) is 23.9 Å². The zero-order valence-corrected chi connectivity index (χ0v) is 15.6. The molecule has 1 unspecified atom stereocenters. The first-order chi connectivity index (χ1) is 10.8. The van der Waals surface area contributed by atoms with Crippen molar-refractivity contribution < 1.29 is 21.6 Å². The Hall–Kier alpha value is -0.560. The third-order valence-corrected chi connectivity index (χ3v) is 10.0. The van der Waals surface area contributed by atoms with E-state index >= 15 is 0 Å². The Kier molecular flexibility index (Phi) is 6.16. The van der Waals surface area contributed by atoms with E-state index in [9.17, 15) is 16.8 Å². The minimum absolute atomic E-state index is 0.236.